The number of nitrogens with zero attached hydrogens (tertiary/aromatic N) is 2. The standard InChI is InChI=1S/C22H19ClN4O4S/c1-16(12-17-6-3-2-4-7-17)15-24-25-21-11-10-20(14-22(21)27(28)29)32(30,31)26-19-9-5-8-18(23)13-19/h2-15,25-26H,1H3. The number of sulfonamides is 1. The van der Waals surface area contributed by atoms with Gasteiger partial charge in [-0.05, 0) is 48.4 Å². The molecule has 10 heteroatoms. The molecule has 0 fully saturated rings. The molecule has 0 saturated carbocycles. The molecule has 0 unspecified atom stereocenters. The molecule has 0 saturated heterocycles. The van der Waals surface area contributed by atoms with Crippen LogP contribution in [-0.4, -0.2) is 19.6 Å². The second-order valence-electron chi connectivity index (χ2n) is 6.72. The van der Waals surface area contributed by atoms with Crippen LogP contribution in [0.15, 0.2) is 88.4 Å². The molecule has 164 valence electrons. The third kappa shape index (κ3) is 6.16. The molecule has 3 aromatic carbocycles. The lowest BCUT2D eigenvalue weighted by atomic mass is 10.1. The molecule has 0 aliphatic carbocycles. The largest absolute Gasteiger partial charge is 0.295 e. The van der Waals surface area contributed by atoms with Crippen LogP contribution in [0, 0.1) is 10.1 Å². The van der Waals surface area contributed by atoms with Crippen molar-refractivity contribution in [1.29, 1.82) is 0 Å². The number of nitro groups is 1. The number of allylic oxidation sites excluding steroid dienone is 1. The van der Waals surface area contributed by atoms with Gasteiger partial charge in [0, 0.05) is 11.1 Å². The van der Waals surface area contributed by atoms with E-state index in [9.17, 15) is 18.5 Å². The molecule has 0 atom stereocenters. The molecule has 0 bridgehead atoms. The van der Waals surface area contributed by atoms with Gasteiger partial charge in [-0.3, -0.25) is 20.3 Å². The van der Waals surface area contributed by atoms with E-state index >= 15 is 0 Å². The van der Waals surface area contributed by atoms with Crippen molar-refractivity contribution in [2.75, 3.05) is 10.1 Å². The Balaban J connectivity index is 1.80. The van der Waals surface area contributed by atoms with Crippen molar-refractivity contribution in [1.82, 2.24) is 0 Å². The van der Waals surface area contributed by atoms with Crippen molar-refractivity contribution in [3.8, 4) is 0 Å². The van der Waals surface area contributed by atoms with E-state index in [0.29, 0.717) is 5.02 Å². The molecule has 0 radical (unpaired) electrons. The minimum Gasteiger partial charge on any atom is -0.280 e. The first kappa shape index (κ1) is 23.0. The molecule has 8 nitrogen and oxygen atoms in total. The average molecular weight is 471 g/mol. The van der Waals surface area contributed by atoms with Gasteiger partial charge >= 0.3 is 0 Å². The summed E-state index contributed by atoms with van der Waals surface area (Å²) in [6.07, 6.45) is 3.42. The Labute approximate surface area is 190 Å². The number of hydrogen-bond acceptors (Lipinski definition) is 6. The molecule has 0 heterocycles. The molecular weight excluding hydrogens is 452 g/mol. The van der Waals surface area contributed by atoms with Crippen molar-refractivity contribution in [2.45, 2.75) is 11.8 Å². The quantitative estimate of drug-likeness (QED) is 0.254. The molecule has 0 aliphatic heterocycles. The molecule has 3 rings (SSSR count). The van der Waals surface area contributed by atoms with Gasteiger partial charge in [0.15, 0.2) is 0 Å². The highest BCUT2D eigenvalue weighted by Crippen LogP contribution is 2.29. The predicted octanol–water partition coefficient (Wildman–Crippen LogP) is 5.55. The lowest BCUT2D eigenvalue weighted by molar-refractivity contribution is -0.384. The van der Waals surface area contributed by atoms with Crippen molar-refractivity contribution in [2.24, 2.45) is 5.10 Å². The zero-order valence-electron chi connectivity index (χ0n) is 16.9. The van der Waals surface area contributed by atoms with Gasteiger partial charge < -0.3 is 0 Å². The summed E-state index contributed by atoms with van der Waals surface area (Å²) in [5, 5.41) is 15.9. The number of hydrogen-bond donors (Lipinski definition) is 2. The van der Waals surface area contributed by atoms with E-state index in [1.165, 1.54) is 30.5 Å². The highest BCUT2D eigenvalue weighted by Gasteiger charge is 2.21. The van der Waals surface area contributed by atoms with Crippen LogP contribution in [0.1, 0.15) is 12.5 Å². The Morgan fingerprint density at radius 2 is 1.81 bits per heavy atom. The predicted molar refractivity (Wildman–Crippen MR) is 128 cm³/mol. The van der Waals surface area contributed by atoms with Gasteiger partial charge in [0.1, 0.15) is 5.69 Å². The molecule has 0 aromatic heterocycles. The number of rotatable bonds is 8. The van der Waals surface area contributed by atoms with Gasteiger partial charge in [-0.2, -0.15) is 5.10 Å². The number of anilines is 2. The first-order chi connectivity index (χ1) is 15.2. The van der Waals surface area contributed by atoms with E-state index in [1.54, 1.807) is 12.1 Å². The van der Waals surface area contributed by atoms with Gasteiger partial charge in [0.2, 0.25) is 0 Å². The number of hydrazone groups is 1. The van der Waals surface area contributed by atoms with Crippen molar-refractivity contribution in [3.63, 3.8) is 0 Å². The van der Waals surface area contributed by atoms with Crippen molar-refractivity contribution >= 4 is 51.0 Å². The summed E-state index contributed by atoms with van der Waals surface area (Å²) in [4.78, 5) is 10.6. The third-order valence-corrected chi connectivity index (χ3v) is 5.81. The van der Waals surface area contributed by atoms with Crippen LogP contribution < -0.4 is 10.1 Å². The minimum absolute atomic E-state index is 0.0560. The maximum absolute atomic E-state index is 12.6. The van der Waals surface area contributed by atoms with E-state index in [4.69, 9.17) is 11.6 Å². The molecular formula is C22H19ClN4O4S. The Morgan fingerprint density at radius 1 is 1.06 bits per heavy atom. The van der Waals surface area contributed by atoms with E-state index in [1.807, 2.05) is 43.3 Å². The van der Waals surface area contributed by atoms with Crippen LogP contribution >= 0.6 is 11.6 Å². The van der Waals surface area contributed by atoms with Crippen LogP contribution in [0.25, 0.3) is 6.08 Å². The number of nitro benzene ring substituents is 1. The summed E-state index contributed by atoms with van der Waals surface area (Å²) in [7, 11) is -4.06. The SMILES string of the molecule is CC(C=NNc1ccc(S(=O)(=O)Nc2cccc(Cl)c2)cc1[N+](=O)[O-])=Cc1ccccc1. The number of halogens is 1. The second kappa shape index (κ2) is 10.1. The summed E-state index contributed by atoms with van der Waals surface area (Å²) >= 11 is 5.87. The normalized spacial score (nSPS) is 12.0. The zero-order chi connectivity index (χ0) is 23.1. The van der Waals surface area contributed by atoms with Crippen LogP contribution in [0.4, 0.5) is 17.1 Å². The highest BCUT2D eigenvalue weighted by molar-refractivity contribution is 7.92. The number of nitrogens with one attached hydrogen (secondary N) is 2. The van der Waals surface area contributed by atoms with Crippen LogP contribution in [0.3, 0.4) is 0 Å². The Morgan fingerprint density at radius 3 is 2.50 bits per heavy atom. The summed E-state index contributed by atoms with van der Waals surface area (Å²) in [5.41, 5.74) is 4.28. The van der Waals surface area contributed by atoms with Gasteiger partial charge in [-0.15, -0.1) is 0 Å². The number of benzene rings is 3. The Kier molecular flexibility index (Phi) is 7.24. The van der Waals surface area contributed by atoms with Gasteiger partial charge in [0.25, 0.3) is 15.7 Å². The van der Waals surface area contributed by atoms with Gasteiger partial charge in [0.05, 0.1) is 21.7 Å². The smallest absolute Gasteiger partial charge is 0.280 e. The molecule has 0 aliphatic rings. The first-order valence-electron chi connectivity index (χ1n) is 9.34. The molecule has 0 amide bonds. The summed E-state index contributed by atoms with van der Waals surface area (Å²) in [6.45, 7) is 1.84. The first-order valence-corrected chi connectivity index (χ1v) is 11.2. The van der Waals surface area contributed by atoms with E-state index in [0.717, 1.165) is 17.2 Å². The van der Waals surface area contributed by atoms with Gasteiger partial charge in [-0.1, -0.05) is 54.1 Å². The lowest BCUT2D eigenvalue weighted by Gasteiger charge is -2.09. The Hall–Kier alpha value is -3.69. The average Bonchev–Trinajstić information content (AvgIpc) is 2.74. The minimum atomic E-state index is -4.06. The maximum atomic E-state index is 12.6. The molecule has 0 spiro atoms. The highest BCUT2D eigenvalue weighted by atomic mass is 35.5. The monoisotopic (exact) mass is 470 g/mol. The van der Waals surface area contributed by atoms with E-state index < -0.39 is 20.6 Å². The molecule has 2 N–H and O–H groups in total. The lowest BCUT2D eigenvalue weighted by Crippen LogP contribution is -2.13. The fourth-order valence-corrected chi connectivity index (χ4v) is 4.00. The topological polar surface area (TPSA) is 114 Å². The second-order valence-corrected chi connectivity index (χ2v) is 8.84. The van der Waals surface area contributed by atoms with Crippen molar-refractivity contribution < 1.29 is 13.3 Å². The molecule has 3 aromatic rings. The van der Waals surface area contributed by atoms with Crippen molar-refractivity contribution in [3.05, 3.63) is 99.1 Å². The third-order valence-electron chi connectivity index (χ3n) is 4.20. The summed E-state index contributed by atoms with van der Waals surface area (Å²) < 4.78 is 27.6. The zero-order valence-corrected chi connectivity index (χ0v) is 18.5. The van der Waals surface area contributed by atoms with Crippen LogP contribution in [0.5, 0.6) is 0 Å². The Bertz CT molecular complexity index is 1290. The van der Waals surface area contributed by atoms with E-state index in [-0.39, 0.29) is 16.3 Å². The summed E-state index contributed by atoms with van der Waals surface area (Å²) in [5.74, 6) is 0. The fraction of sp³-hybridized carbons (Fsp3) is 0.0455. The summed E-state index contributed by atoms with van der Waals surface area (Å²) in [6, 6.07) is 19.3. The van der Waals surface area contributed by atoms with Crippen LogP contribution in [-0.2, 0) is 10.0 Å². The molecule has 32 heavy (non-hydrogen) atoms. The fourth-order valence-electron chi connectivity index (χ4n) is 2.74. The van der Waals surface area contributed by atoms with Crippen LogP contribution in [0.2, 0.25) is 5.02 Å². The maximum Gasteiger partial charge on any atom is 0.295 e. The van der Waals surface area contributed by atoms with E-state index in [2.05, 4.69) is 15.2 Å². The van der Waals surface area contributed by atoms with Gasteiger partial charge in [-0.25, -0.2) is 8.42 Å².